The maximum absolute atomic E-state index is 12.3. The lowest BCUT2D eigenvalue weighted by Crippen LogP contribution is -2.38. The molecular formula is C19H21ClN4O. The minimum Gasteiger partial charge on any atom is -0.352 e. The summed E-state index contributed by atoms with van der Waals surface area (Å²) in [4.78, 5) is 21.8. The molecule has 5 nitrogen and oxygen atoms in total. The van der Waals surface area contributed by atoms with Gasteiger partial charge in [-0.15, -0.1) is 0 Å². The van der Waals surface area contributed by atoms with E-state index in [0.29, 0.717) is 22.3 Å². The number of carbonyl (C=O) groups excluding carboxylic acids is 1. The average molecular weight is 357 g/mol. The highest BCUT2D eigenvalue weighted by Crippen LogP contribution is 2.26. The predicted octanol–water partition coefficient (Wildman–Crippen LogP) is 3.27. The Hall–Kier alpha value is -2.11. The van der Waals surface area contributed by atoms with Gasteiger partial charge in [0.05, 0.1) is 11.9 Å². The van der Waals surface area contributed by atoms with E-state index in [0.717, 1.165) is 18.9 Å². The van der Waals surface area contributed by atoms with Gasteiger partial charge in [-0.25, -0.2) is 4.98 Å². The van der Waals surface area contributed by atoms with Crippen LogP contribution in [-0.2, 0) is 0 Å². The molecule has 2 aromatic rings. The van der Waals surface area contributed by atoms with E-state index in [4.69, 9.17) is 11.6 Å². The Kier molecular flexibility index (Phi) is 4.59. The Morgan fingerprint density at radius 2 is 1.96 bits per heavy atom. The van der Waals surface area contributed by atoms with Crippen LogP contribution >= 0.6 is 11.6 Å². The van der Waals surface area contributed by atoms with Crippen LogP contribution in [0.3, 0.4) is 0 Å². The maximum atomic E-state index is 12.3. The lowest BCUT2D eigenvalue weighted by atomic mass is 10.1. The van der Waals surface area contributed by atoms with E-state index in [1.165, 1.54) is 25.9 Å². The van der Waals surface area contributed by atoms with Crippen LogP contribution in [0.2, 0.25) is 5.02 Å². The molecule has 5 rings (SSSR count). The molecule has 3 saturated heterocycles. The van der Waals surface area contributed by atoms with E-state index in [1.807, 2.05) is 12.1 Å². The van der Waals surface area contributed by atoms with Crippen LogP contribution < -0.4 is 10.2 Å². The van der Waals surface area contributed by atoms with Crippen LogP contribution in [0.25, 0.3) is 0 Å². The van der Waals surface area contributed by atoms with Gasteiger partial charge in [0.1, 0.15) is 5.82 Å². The number of hydrogen-bond acceptors (Lipinski definition) is 4. The van der Waals surface area contributed by atoms with Gasteiger partial charge in [0.2, 0.25) is 0 Å². The highest BCUT2D eigenvalue weighted by Gasteiger charge is 2.29. The first kappa shape index (κ1) is 16.4. The lowest BCUT2D eigenvalue weighted by molar-refractivity contribution is 0.102. The smallest absolute Gasteiger partial charge is 0.255 e. The van der Waals surface area contributed by atoms with Crippen LogP contribution in [0.5, 0.6) is 0 Å². The fourth-order valence-electron chi connectivity index (χ4n) is 3.65. The van der Waals surface area contributed by atoms with Crippen molar-refractivity contribution in [2.24, 2.45) is 0 Å². The fraction of sp³-hybridized carbons (Fsp3) is 0.368. The van der Waals surface area contributed by atoms with E-state index < -0.39 is 0 Å². The number of pyridine rings is 1. The number of aromatic nitrogens is 1. The molecule has 0 spiro atoms. The molecule has 2 bridgehead atoms. The van der Waals surface area contributed by atoms with Crippen LogP contribution in [0, 0.1) is 0 Å². The van der Waals surface area contributed by atoms with Crippen molar-refractivity contribution in [2.75, 3.05) is 36.4 Å². The second kappa shape index (κ2) is 7.02. The molecule has 3 aliphatic rings. The van der Waals surface area contributed by atoms with Gasteiger partial charge in [-0.05, 0) is 43.2 Å². The van der Waals surface area contributed by atoms with Gasteiger partial charge in [0.25, 0.3) is 5.91 Å². The molecule has 130 valence electrons. The number of amides is 1. The molecule has 0 unspecified atom stereocenters. The highest BCUT2D eigenvalue weighted by atomic mass is 35.5. The largest absolute Gasteiger partial charge is 0.352 e. The van der Waals surface area contributed by atoms with Crippen LogP contribution in [-0.4, -0.2) is 48.0 Å². The molecule has 3 aliphatic heterocycles. The number of hydrogen-bond donors (Lipinski definition) is 1. The Labute approximate surface area is 152 Å². The number of anilines is 2. The molecule has 0 atom stereocenters. The second-order valence-electron chi connectivity index (χ2n) is 6.64. The van der Waals surface area contributed by atoms with Gasteiger partial charge in [-0.3, -0.25) is 4.79 Å². The average Bonchev–Trinajstić information content (AvgIpc) is 2.96. The SMILES string of the molecule is O=C(Nc1ccc(N2CCN3CCC2CC3)nc1)c1cccc(Cl)c1. The molecule has 4 heterocycles. The summed E-state index contributed by atoms with van der Waals surface area (Å²) in [7, 11) is 0. The molecule has 25 heavy (non-hydrogen) atoms. The Morgan fingerprint density at radius 3 is 2.68 bits per heavy atom. The van der Waals surface area contributed by atoms with E-state index in [1.54, 1.807) is 30.5 Å². The summed E-state index contributed by atoms with van der Waals surface area (Å²) in [6.45, 7) is 4.50. The number of halogens is 1. The number of nitrogens with zero attached hydrogens (tertiary/aromatic N) is 3. The Balaban J connectivity index is 1.46. The van der Waals surface area contributed by atoms with Gasteiger partial charge >= 0.3 is 0 Å². The standard InChI is InChI=1S/C19H21ClN4O/c20-15-3-1-2-14(12-15)19(25)22-16-4-5-18(21-13-16)24-11-10-23-8-6-17(24)7-9-23/h1-5,12-13,17H,6-11H2,(H,22,25). The highest BCUT2D eigenvalue weighted by molar-refractivity contribution is 6.31. The summed E-state index contributed by atoms with van der Waals surface area (Å²) in [5.41, 5.74) is 1.23. The summed E-state index contributed by atoms with van der Waals surface area (Å²) in [6.07, 6.45) is 4.14. The van der Waals surface area contributed by atoms with Crippen LogP contribution in [0.15, 0.2) is 42.6 Å². The van der Waals surface area contributed by atoms with Gasteiger partial charge in [-0.2, -0.15) is 0 Å². The van der Waals surface area contributed by atoms with Crippen molar-refractivity contribution < 1.29 is 4.79 Å². The monoisotopic (exact) mass is 356 g/mol. The lowest BCUT2D eigenvalue weighted by Gasteiger charge is -2.32. The zero-order valence-corrected chi connectivity index (χ0v) is 14.7. The number of nitrogens with one attached hydrogen (secondary N) is 1. The zero-order valence-electron chi connectivity index (χ0n) is 14.0. The Bertz CT molecular complexity index is 756. The van der Waals surface area contributed by atoms with Crippen molar-refractivity contribution in [3.63, 3.8) is 0 Å². The summed E-state index contributed by atoms with van der Waals surface area (Å²) in [6, 6.07) is 11.4. The first-order valence-electron chi connectivity index (χ1n) is 8.71. The summed E-state index contributed by atoms with van der Waals surface area (Å²) in [5, 5.41) is 3.42. The fourth-order valence-corrected chi connectivity index (χ4v) is 3.84. The number of rotatable bonds is 3. The number of carbonyl (C=O) groups is 1. The van der Waals surface area contributed by atoms with Gasteiger partial charge in [0.15, 0.2) is 0 Å². The molecule has 1 aromatic heterocycles. The van der Waals surface area contributed by atoms with E-state index in [9.17, 15) is 4.79 Å². The van der Waals surface area contributed by atoms with E-state index in [2.05, 4.69) is 20.1 Å². The molecule has 1 aromatic carbocycles. The maximum Gasteiger partial charge on any atom is 0.255 e. The van der Waals surface area contributed by atoms with Crippen molar-refractivity contribution in [3.8, 4) is 0 Å². The summed E-state index contributed by atoms with van der Waals surface area (Å²) in [5.74, 6) is 0.813. The predicted molar refractivity (Wildman–Crippen MR) is 100 cm³/mol. The second-order valence-corrected chi connectivity index (χ2v) is 7.07. The van der Waals surface area contributed by atoms with Gasteiger partial charge in [-0.1, -0.05) is 17.7 Å². The van der Waals surface area contributed by atoms with Gasteiger partial charge in [0, 0.05) is 42.8 Å². The molecule has 0 aliphatic carbocycles. The van der Waals surface area contributed by atoms with Crippen molar-refractivity contribution in [1.29, 1.82) is 0 Å². The normalized spacial score (nSPS) is 22.5. The summed E-state index contributed by atoms with van der Waals surface area (Å²) >= 11 is 5.94. The third-order valence-corrected chi connectivity index (χ3v) is 5.28. The molecule has 0 radical (unpaired) electrons. The quantitative estimate of drug-likeness (QED) is 0.917. The van der Waals surface area contributed by atoms with Crippen LogP contribution in [0.1, 0.15) is 23.2 Å². The molecule has 3 fully saturated rings. The molecule has 6 heteroatoms. The molecular weight excluding hydrogens is 336 g/mol. The third kappa shape index (κ3) is 3.62. The zero-order chi connectivity index (χ0) is 17.2. The van der Waals surface area contributed by atoms with E-state index in [-0.39, 0.29) is 5.91 Å². The van der Waals surface area contributed by atoms with E-state index >= 15 is 0 Å². The van der Waals surface area contributed by atoms with Gasteiger partial charge < -0.3 is 15.1 Å². The first-order valence-corrected chi connectivity index (χ1v) is 9.09. The minimum absolute atomic E-state index is 0.182. The van der Waals surface area contributed by atoms with Crippen molar-refractivity contribution in [1.82, 2.24) is 9.88 Å². The third-order valence-electron chi connectivity index (χ3n) is 5.04. The van der Waals surface area contributed by atoms with Crippen molar-refractivity contribution in [2.45, 2.75) is 18.9 Å². The number of benzene rings is 1. The molecule has 0 saturated carbocycles. The van der Waals surface area contributed by atoms with Crippen molar-refractivity contribution >= 4 is 29.0 Å². The van der Waals surface area contributed by atoms with Crippen molar-refractivity contribution in [3.05, 3.63) is 53.2 Å². The summed E-state index contributed by atoms with van der Waals surface area (Å²) < 4.78 is 0. The topological polar surface area (TPSA) is 48.5 Å². The number of fused-ring (bicyclic) bond motifs is 4. The Morgan fingerprint density at radius 1 is 1.12 bits per heavy atom. The molecule has 1 N–H and O–H groups in total. The molecule has 1 amide bonds. The first-order chi connectivity index (χ1) is 12.2. The number of piperidine rings is 1. The van der Waals surface area contributed by atoms with Crippen LogP contribution in [0.4, 0.5) is 11.5 Å². The minimum atomic E-state index is -0.182.